The Bertz CT molecular complexity index is 904. The molecule has 0 fully saturated rings. The van der Waals surface area contributed by atoms with Crippen molar-refractivity contribution >= 4 is 32.9 Å². The standard InChI is InChI=1S/C19H16N2/c20-19-11-18-14(12-21-19)10-17(13-6-2-1-3-7-13)15-8-4-5-9-16(15)18/h1-2,4-6,8-12H,3,7H2,(H2,20,21). The zero-order chi connectivity index (χ0) is 14.2. The van der Waals surface area contributed by atoms with Gasteiger partial charge in [0.15, 0.2) is 0 Å². The fourth-order valence-corrected chi connectivity index (χ4v) is 3.11. The van der Waals surface area contributed by atoms with Crippen molar-refractivity contribution in [2.24, 2.45) is 0 Å². The number of hydrogen-bond donors (Lipinski definition) is 1. The van der Waals surface area contributed by atoms with Gasteiger partial charge in [-0.2, -0.15) is 0 Å². The molecule has 1 aliphatic rings. The summed E-state index contributed by atoms with van der Waals surface area (Å²) in [5.74, 6) is 0.570. The highest BCUT2D eigenvalue weighted by Crippen LogP contribution is 2.35. The zero-order valence-corrected chi connectivity index (χ0v) is 11.7. The van der Waals surface area contributed by atoms with Gasteiger partial charge in [0.2, 0.25) is 0 Å². The summed E-state index contributed by atoms with van der Waals surface area (Å²) < 4.78 is 0. The van der Waals surface area contributed by atoms with E-state index in [9.17, 15) is 0 Å². The highest BCUT2D eigenvalue weighted by Gasteiger charge is 2.11. The summed E-state index contributed by atoms with van der Waals surface area (Å²) in [6.07, 6.45) is 10.7. The smallest absolute Gasteiger partial charge is 0.123 e. The van der Waals surface area contributed by atoms with Crippen LogP contribution in [0.1, 0.15) is 18.4 Å². The minimum atomic E-state index is 0.570. The van der Waals surface area contributed by atoms with Gasteiger partial charge in [0.05, 0.1) is 0 Å². The maximum atomic E-state index is 5.86. The first-order valence-corrected chi connectivity index (χ1v) is 7.26. The van der Waals surface area contributed by atoms with E-state index in [1.807, 2.05) is 12.3 Å². The number of nitrogens with two attached hydrogens (primary N) is 1. The number of fused-ring (bicyclic) bond motifs is 3. The molecule has 2 nitrogen and oxygen atoms in total. The molecule has 0 radical (unpaired) electrons. The molecule has 1 aliphatic carbocycles. The number of pyridine rings is 1. The second-order valence-corrected chi connectivity index (χ2v) is 5.46. The third-order valence-electron chi connectivity index (χ3n) is 4.12. The van der Waals surface area contributed by atoms with Gasteiger partial charge in [-0.05, 0) is 52.3 Å². The molecule has 0 saturated carbocycles. The third-order valence-corrected chi connectivity index (χ3v) is 4.12. The number of allylic oxidation sites excluding steroid dienone is 4. The molecule has 2 heteroatoms. The first-order chi connectivity index (χ1) is 10.3. The van der Waals surface area contributed by atoms with E-state index in [0.29, 0.717) is 5.82 Å². The van der Waals surface area contributed by atoms with Gasteiger partial charge in [0, 0.05) is 11.6 Å². The van der Waals surface area contributed by atoms with Crippen molar-refractivity contribution in [1.82, 2.24) is 4.98 Å². The lowest BCUT2D eigenvalue weighted by molar-refractivity contribution is 1.06. The average Bonchev–Trinajstić information content (AvgIpc) is 2.55. The normalized spacial score (nSPS) is 14.6. The second-order valence-electron chi connectivity index (χ2n) is 5.46. The van der Waals surface area contributed by atoms with Gasteiger partial charge in [-0.3, -0.25) is 0 Å². The molecule has 0 aliphatic heterocycles. The number of nitrogen functional groups attached to an aromatic ring is 1. The lowest BCUT2D eigenvalue weighted by atomic mass is 9.90. The molecular weight excluding hydrogens is 256 g/mol. The van der Waals surface area contributed by atoms with Crippen LogP contribution in [0.15, 0.2) is 60.8 Å². The van der Waals surface area contributed by atoms with E-state index in [1.54, 1.807) is 0 Å². The van der Waals surface area contributed by atoms with Gasteiger partial charge in [-0.25, -0.2) is 4.98 Å². The van der Waals surface area contributed by atoms with Crippen molar-refractivity contribution in [3.63, 3.8) is 0 Å². The van der Waals surface area contributed by atoms with E-state index in [4.69, 9.17) is 5.73 Å². The molecule has 0 unspecified atom stereocenters. The SMILES string of the molecule is Nc1cc2c(cn1)cc(C1=CC=CCC1)c1ccccc12. The van der Waals surface area contributed by atoms with Gasteiger partial charge in [0.1, 0.15) is 5.82 Å². The van der Waals surface area contributed by atoms with Gasteiger partial charge < -0.3 is 5.73 Å². The largest absolute Gasteiger partial charge is 0.384 e. The number of anilines is 1. The lowest BCUT2D eigenvalue weighted by Crippen LogP contribution is -1.93. The van der Waals surface area contributed by atoms with E-state index < -0.39 is 0 Å². The van der Waals surface area contributed by atoms with E-state index in [2.05, 4.69) is 53.5 Å². The van der Waals surface area contributed by atoms with Gasteiger partial charge >= 0.3 is 0 Å². The molecular formula is C19H16N2. The minimum Gasteiger partial charge on any atom is -0.384 e. The molecule has 0 atom stereocenters. The average molecular weight is 272 g/mol. The Morgan fingerprint density at radius 3 is 2.67 bits per heavy atom. The fraction of sp³-hybridized carbons (Fsp3) is 0.105. The first kappa shape index (κ1) is 12.2. The van der Waals surface area contributed by atoms with Crippen LogP contribution in [0.4, 0.5) is 5.82 Å². The minimum absolute atomic E-state index is 0.570. The molecule has 0 spiro atoms. The van der Waals surface area contributed by atoms with Crippen LogP contribution in [0.2, 0.25) is 0 Å². The fourth-order valence-electron chi connectivity index (χ4n) is 3.11. The molecule has 0 amide bonds. The zero-order valence-electron chi connectivity index (χ0n) is 11.7. The van der Waals surface area contributed by atoms with Crippen molar-refractivity contribution in [2.75, 3.05) is 5.73 Å². The lowest BCUT2D eigenvalue weighted by Gasteiger charge is -2.15. The van der Waals surface area contributed by atoms with E-state index in [1.165, 1.54) is 27.3 Å². The molecule has 1 heterocycles. The molecule has 1 aromatic heterocycles. The predicted octanol–water partition coefficient (Wildman–Crippen LogP) is 4.70. The Labute approximate surface area is 123 Å². The predicted molar refractivity (Wildman–Crippen MR) is 90.0 cm³/mol. The van der Waals surface area contributed by atoms with Crippen molar-refractivity contribution in [3.8, 4) is 0 Å². The maximum absolute atomic E-state index is 5.86. The topological polar surface area (TPSA) is 38.9 Å². The molecule has 4 rings (SSSR count). The Kier molecular flexibility index (Phi) is 2.74. The van der Waals surface area contributed by atoms with Crippen LogP contribution in [-0.4, -0.2) is 4.98 Å². The van der Waals surface area contributed by atoms with E-state index >= 15 is 0 Å². The van der Waals surface area contributed by atoms with Crippen LogP contribution in [0.5, 0.6) is 0 Å². The molecule has 0 saturated heterocycles. The molecule has 2 aromatic carbocycles. The van der Waals surface area contributed by atoms with Crippen LogP contribution < -0.4 is 5.73 Å². The number of aromatic nitrogens is 1. The van der Waals surface area contributed by atoms with Crippen molar-refractivity contribution in [1.29, 1.82) is 0 Å². The van der Waals surface area contributed by atoms with E-state index in [0.717, 1.165) is 18.2 Å². The third kappa shape index (κ3) is 2.00. The van der Waals surface area contributed by atoms with Crippen molar-refractivity contribution in [3.05, 3.63) is 66.4 Å². The van der Waals surface area contributed by atoms with Gasteiger partial charge in [-0.15, -0.1) is 0 Å². The number of benzene rings is 2. The van der Waals surface area contributed by atoms with E-state index in [-0.39, 0.29) is 0 Å². The summed E-state index contributed by atoms with van der Waals surface area (Å²) >= 11 is 0. The first-order valence-electron chi connectivity index (χ1n) is 7.26. The Balaban J connectivity index is 2.12. The number of hydrogen-bond acceptors (Lipinski definition) is 2. The summed E-state index contributed by atoms with van der Waals surface area (Å²) in [6.45, 7) is 0. The highest BCUT2D eigenvalue weighted by molar-refractivity contribution is 6.12. The summed E-state index contributed by atoms with van der Waals surface area (Å²) in [7, 11) is 0. The molecule has 2 N–H and O–H groups in total. The number of rotatable bonds is 1. The van der Waals surface area contributed by atoms with Crippen molar-refractivity contribution in [2.45, 2.75) is 12.8 Å². The summed E-state index contributed by atoms with van der Waals surface area (Å²) in [5.41, 5.74) is 8.57. The molecule has 21 heavy (non-hydrogen) atoms. The van der Waals surface area contributed by atoms with Crippen LogP contribution in [0.3, 0.4) is 0 Å². The van der Waals surface area contributed by atoms with Gasteiger partial charge in [0.25, 0.3) is 0 Å². The Hall–Kier alpha value is -2.61. The monoisotopic (exact) mass is 272 g/mol. The van der Waals surface area contributed by atoms with Crippen LogP contribution in [0, 0.1) is 0 Å². The van der Waals surface area contributed by atoms with Crippen molar-refractivity contribution < 1.29 is 0 Å². The molecule has 3 aromatic rings. The highest BCUT2D eigenvalue weighted by atomic mass is 14.8. The Morgan fingerprint density at radius 2 is 1.86 bits per heavy atom. The van der Waals surface area contributed by atoms with Crippen LogP contribution >= 0.6 is 0 Å². The molecule has 0 bridgehead atoms. The summed E-state index contributed by atoms with van der Waals surface area (Å²) in [4.78, 5) is 4.24. The number of nitrogens with zero attached hydrogens (tertiary/aromatic N) is 1. The maximum Gasteiger partial charge on any atom is 0.123 e. The quantitative estimate of drug-likeness (QED) is 0.652. The second kappa shape index (κ2) is 4.74. The molecule has 102 valence electrons. The Morgan fingerprint density at radius 1 is 1.00 bits per heavy atom. The van der Waals surface area contributed by atoms with Crippen LogP contribution in [0.25, 0.3) is 27.1 Å². The van der Waals surface area contributed by atoms with Gasteiger partial charge in [-0.1, -0.05) is 42.5 Å². The summed E-state index contributed by atoms with van der Waals surface area (Å²) in [6, 6.07) is 12.8. The van der Waals surface area contributed by atoms with Crippen LogP contribution in [-0.2, 0) is 0 Å². The summed E-state index contributed by atoms with van der Waals surface area (Å²) in [5, 5.41) is 4.86.